The van der Waals surface area contributed by atoms with E-state index in [2.05, 4.69) is 10.6 Å². The zero-order valence-corrected chi connectivity index (χ0v) is 15.2. The lowest BCUT2D eigenvalue weighted by Crippen LogP contribution is -2.40. The summed E-state index contributed by atoms with van der Waals surface area (Å²) in [4.78, 5) is 25.9. The highest BCUT2D eigenvalue weighted by atomic mass is 35.5. The lowest BCUT2D eigenvalue weighted by Gasteiger charge is -2.19. The fourth-order valence-corrected chi connectivity index (χ4v) is 2.48. The Morgan fingerprint density at radius 3 is 2.35 bits per heavy atom. The van der Waals surface area contributed by atoms with Gasteiger partial charge in [-0.2, -0.15) is 0 Å². The quantitative estimate of drug-likeness (QED) is 0.743. The minimum atomic E-state index is -0.318. The summed E-state index contributed by atoms with van der Waals surface area (Å²) < 4.78 is 12.9. The molecule has 0 radical (unpaired) electrons. The predicted molar refractivity (Wildman–Crippen MR) is 100 cm³/mol. The molecule has 7 heteroatoms. The summed E-state index contributed by atoms with van der Waals surface area (Å²) in [7, 11) is 0. The van der Waals surface area contributed by atoms with E-state index in [9.17, 15) is 14.0 Å². The summed E-state index contributed by atoms with van der Waals surface area (Å²) in [6.45, 7) is 2.89. The SMILES string of the molecule is CCN(CC(=O)NCc1ccc(F)cc1)CC(=O)Nc1ccccc1Cl. The third kappa shape index (κ3) is 6.46. The summed E-state index contributed by atoms with van der Waals surface area (Å²) in [6.07, 6.45) is 0. The Morgan fingerprint density at radius 2 is 1.69 bits per heavy atom. The molecule has 0 aliphatic carbocycles. The number of benzene rings is 2. The van der Waals surface area contributed by atoms with Crippen molar-refractivity contribution < 1.29 is 14.0 Å². The molecule has 26 heavy (non-hydrogen) atoms. The fourth-order valence-electron chi connectivity index (χ4n) is 2.30. The summed E-state index contributed by atoms with van der Waals surface area (Å²) in [5.74, 6) is -0.769. The first-order chi connectivity index (χ1) is 12.5. The number of hydrogen-bond donors (Lipinski definition) is 2. The third-order valence-corrected chi connectivity index (χ3v) is 4.06. The first-order valence-electron chi connectivity index (χ1n) is 8.25. The molecule has 0 saturated carbocycles. The minimum Gasteiger partial charge on any atom is -0.351 e. The Labute approximate surface area is 157 Å². The molecule has 138 valence electrons. The number of amides is 2. The highest BCUT2D eigenvalue weighted by molar-refractivity contribution is 6.33. The van der Waals surface area contributed by atoms with Crippen LogP contribution in [0.5, 0.6) is 0 Å². The van der Waals surface area contributed by atoms with Crippen LogP contribution < -0.4 is 10.6 Å². The molecular weight excluding hydrogens is 357 g/mol. The van der Waals surface area contributed by atoms with Crippen LogP contribution in [-0.2, 0) is 16.1 Å². The second-order valence-corrected chi connectivity index (χ2v) is 6.14. The topological polar surface area (TPSA) is 61.4 Å². The van der Waals surface area contributed by atoms with Crippen LogP contribution in [0.2, 0.25) is 5.02 Å². The first-order valence-corrected chi connectivity index (χ1v) is 8.63. The Morgan fingerprint density at radius 1 is 1.04 bits per heavy atom. The van der Waals surface area contributed by atoms with Crippen LogP contribution in [0.25, 0.3) is 0 Å². The molecule has 2 rings (SSSR count). The van der Waals surface area contributed by atoms with Crippen LogP contribution in [-0.4, -0.2) is 36.3 Å². The Bertz CT molecular complexity index is 753. The maximum atomic E-state index is 12.9. The molecule has 0 aliphatic heterocycles. The van der Waals surface area contributed by atoms with Gasteiger partial charge in [0.1, 0.15) is 5.82 Å². The number of nitrogens with zero attached hydrogens (tertiary/aromatic N) is 1. The van der Waals surface area contributed by atoms with Crippen molar-refractivity contribution in [1.82, 2.24) is 10.2 Å². The summed E-state index contributed by atoms with van der Waals surface area (Å²) in [6, 6.07) is 12.9. The molecule has 2 aromatic rings. The minimum absolute atomic E-state index is 0.0751. The second-order valence-electron chi connectivity index (χ2n) is 5.73. The van der Waals surface area contributed by atoms with Crippen molar-refractivity contribution in [3.05, 3.63) is 64.9 Å². The van der Waals surface area contributed by atoms with Crippen LogP contribution in [0.4, 0.5) is 10.1 Å². The predicted octanol–water partition coefficient (Wildman–Crippen LogP) is 3.06. The van der Waals surface area contributed by atoms with Crippen molar-refractivity contribution in [2.75, 3.05) is 25.0 Å². The third-order valence-electron chi connectivity index (χ3n) is 3.73. The number of nitrogens with one attached hydrogen (secondary N) is 2. The number of rotatable bonds is 8. The van der Waals surface area contributed by atoms with E-state index in [0.29, 0.717) is 23.8 Å². The number of likely N-dealkylation sites (N-methyl/N-ethyl adjacent to an activating group) is 1. The number of para-hydroxylation sites is 1. The van der Waals surface area contributed by atoms with Gasteiger partial charge in [-0.05, 0) is 36.4 Å². The number of carbonyl (C=O) groups is 2. The molecule has 0 atom stereocenters. The Kier molecular flexibility index (Phi) is 7.56. The summed E-state index contributed by atoms with van der Waals surface area (Å²) in [5.41, 5.74) is 1.34. The molecule has 0 fully saturated rings. The van der Waals surface area contributed by atoms with Crippen LogP contribution in [0.1, 0.15) is 12.5 Å². The first kappa shape index (κ1) is 19.9. The van der Waals surface area contributed by atoms with Gasteiger partial charge in [-0.3, -0.25) is 14.5 Å². The van der Waals surface area contributed by atoms with Crippen molar-refractivity contribution in [2.24, 2.45) is 0 Å². The van der Waals surface area contributed by atoms with E-state index in [1.54, 1.807) is 41.3 Å². The summed E-state index contributed by atoms with van der Waals surface area (Å²) in [5, 5.41) is 5.95. The largest absolute Gasteiger partial charge is 0.351 e. The Hall–Kier alpha value is -2.44. The van der Waals surface area contributed by atoms with Gasteiger partial charge in [-0.15, -0.1) is 0 Å². The molecule has 0 saturated heterocycles. The number of halogens is 2. The smallest absolute Gasteiger partial charge is 0.238 e. The van der Waals surface area contributed by atoms with Gasteiger partial charge in [0.2, 0.25) is 11.8 Å². The molecule has 2 N–H and O–H groups in total. The number of carbonyl (C=O) groups excluding carboxylic acids is 2. The average Bonchev–Trinajstić information content (AvgIpc) is 2.62. The van der Waals surface area contributed by atoms with Gasteiger partial charge < -0.3 is 10.6 Å². The van der Waals surface area contributed by atoms with Gasteiger partial charge >= 0.3 is 0 Å². The van der Waals surface area contributed by atoms with Crippen molar-refractivity contribution in [2.45, 2.75) is 13.5 Å². The monoisotopic (exact) mass is 377 g/mol. The van der Waals surface area contributed by atoms with E-state index in [-0.39, 0.29) is 30.7 Å². The lowest BCUT2D eigenvalue weighted by molar-refractivity contribution is -0.123. The van der Waals surface area contributed by atoms with E-state index < -0.39 is 0 Å². The van der Waals surface area contributed by atoms with Crippen LogP contribution in [0, 0.1) is 5.82 Å². The van der Waals surface area contributed by atoms with E-state index in [1.807, 2.05) is 6.92 Å². The van der Waals surface area contributed by atoms with Gasteiger partial charge in [0.15, 0.2) is 0 Å². The van der Waals surface area contributed by atoms with Crippen molar-refractivity contribution in [3.8, 4) is 0 Å². The zero-order valence-electron chi connectivity index (χ0n) is 14.5. The number of hydrogen-bond acceptors (Lipinski definition) is 3. The zero-order chi connectivity index (χ0) is 18.9. The van der Waals surface area contributed by atoms with E-state index in [1.165, 1.54) is 12.1 Å². The average molecular weight is 378 g/mol. The molecule has 0 aromatic heterocycles. The fraction of sp³-hybridized carbons (Fsp3) is 0.263. The van der Waals surface area contributed by atoms with Gasteiger partial charge in [0, 0.05) is 6.54 Å². The van der Waals surface area contributed by atoms with E-state index in [4.69, 9.17) is 11.6 Å². The van der Waals surface area contributed by atoms with Gasteiger partial charge in [-0.25, -0.2) is 4.39 Å². The highest BCUT2D eigenvalue weighted by Crippen LogP contribution is 2.20. The Balaban J connectivity index is 1.80. The lowest BCUT2D eigenvalue weighted by atomic mass is 10.2. The van der Waals surface area contributed by atoms with Gasteiger partial charge in [-0.1, -0.05) is 42.8 Å². The molecule has 5 nitrogen and oxygen atoms in total. The molecule has 0 spiro atoms. The molecule has 0 aliphatic rings. The molecule has 0 unspecified atom stereocenters. The van der Waals surface area contributed by atoms with Crippen LogP contribution >= 0.6 is 11.6 Å². The van der Waals surface area contributed by atoms with Gasteiger partial charge in [0.05, 0.1) is 23.8 Å². The highest BCUT2D eigenvalue weighted by Gasteiger charge is 2.14. The van der Waals surface area contributed by atoms with Gasteiger partial charge in [0.25, 0.3) is 0 Å². The maximum Gasteiger partial charge on any atom is 0.238 e. The van der Waals surface area contributed by atoms with E-state index >= 15 is 0 Å². The van der Waals surface area contributed by atoms with Crippen molar-refractivity contribution in [1.29, 1.82) is 0 Å². The maximum absolute atomic E-state index is 12.9. The molecule has 2 aromatic carbocycles. The normalized spacial score (nSPS) is 10.6. The molecular formula is C19H21ClFN3O2. The van der Waals surface area contributed by atoms with Crippen LogP contribution in [0.3, 0.4) is 0 Å². The molecule has 2 amide bonds. The summed E-state index contributed by atoms with van der Waals surface area (Å²) >= 11 is 6.02. The van der Waals surface area contributed by atoms with Crippen molar-refractivity contribution >= 4 is 29.1 Å². The second kappa shape index (κ2) is 9.89. The van der Waals surface area contributed by atoms with Crippen LogP contribution in [0.15, 0.2) is 48.5 Å². The standard InChI is InChI=1S/C19H21ClFN3O2/c1-2-24(13-19(26)23-17-6-4-3-5-16(17)20)12-18(25)22-11-14-7-9-15(21)10-8-14/h3-10H,2,11-13H2,1H3,(H,22,25)(H,23,26). The number of anilines is 1. The van der Waals surface area contributed by atoms with Crippen molar-refractivity contribution in [3.63, 3.8) is 0 Å². The molecule has 0 bridgehead atoms. The molecule has 0 heterocycles. The van der Waals surface area contributed by atoms with E-state index in [0.717, 1.165) is 5.56 Å².